The van der Waals surface area contributed by atoms with Crippen LogP contribution in [-0.2, 0) is 11.2 Å². The molecule has 2 nitrogen and oxygen atoms in total. The predicted molar refractivity (Wildman–Crippen MR) is 58.9 cm³/mol. The Bertz CT molecular complexity index is 456. The van der Waals surface area contributed by atoms with Crippen molar-refractivity contribution in [3.05, 3.63) is 35.4 Å². The summed E-state index contributed by atoms with van der Waals surface area (Å²) in [6.07, 6.45) is -5.69. The zero-order chi connectivity index (χ0) is 14.7. The van der Waals surface area contributed by atoms with Crippen LogP contribution in [0, 0.1) is 6.92 Å². The molecule has 0 spiro atoms. The molecule has 0 aliphatic rings. The van der Waals surface area contributed by atoms with E-state index in [2.05, 4.69) is 0 Å². The highest BCUT2D eigenvalue weighted by Gasteiger charge is 2.63. The third-order valence-corrected chi connectivity index (χ3v) is 2.58. The van der Waals surface area contributed by atoms with Gasteiger partial charge in [0.15, 0.2) is 0 Å². The van der Waals surface area contributed by atoms with Gasteiger partial charge in [0, 0.05) is 6.54 Å². The third kappa shape index (κ3) is 3.65. The zero-order valence-electron chi connectivity index (χ0n) is 10.0. The summed E-state index contributed by atoms with van der Waals surface area (Å²) in [6.45, 7) is 1.50. The lowest BCUT2D eigenvalue weighted by atomic mass is 10.1. The number of hydrogen-bond acceptors (Lipinski definition) is 1. The average molecular weight is 281 g/mol. The average Bonchev–Trinajstić information content (AvgIpc) is 2.30. The van der Waals surface area contributed by atoms with Crippen LogP contribution in [-0.4, -0.2) is 24.6 Å². The largest absolute Gasteiger partial charge is 0.463 e. The minimum Gasteiger partial charge on any atom is -0.350 e. The minimum absolute atomic E-state index is 0.187. The summed E-state index contributed by atoms with van der Waals surface area (Å²) in [7, 11) is 0. The number of aryl methyl sites for hydroxylation is 1. The Labute approximate surface area is 106 Å². The molecule has 1 aromatic carbocycles. The summed E-state index contributed by atoms with van der Waals surface area (Å²) < 4.78 is 60.8. The van der Waals surface area contributed by atoms with Crippen LogP contribution in [0.1, 0.15) is 11.1 Å². The van der Waals surface area contributed by atoms with Crippen LogP contribution in [0.15, 0.2) is 24.3 Å². The van der Waals surface area contributed by atoms with Crippen molar-refractivity contribution in [2.24, 2.45) is 0 Å². The first kappa shape index (κ1) is 15.4. The van der Waals surface area contributed by atoms with Gasteiger partial charge in [-0.1, -0.05) is 24.3 Å². The Balaban J connectivity index is 2.55. The molecule has 0 saturated heterocycles. The van der Waals surface area contributed by atoms with Gasteiger partial charge in [0.05, 0.1) is 0 Å². The number of benzene rings is 1. The fourth-order valence-corrected chi connectivity index (χ4v) is 1.44. The van der Waals surface area contributed by atoms with Crippen molar-refractivity contribution in [1.82, 2.24) is 5.32 Å². The molecule has 106 valence electrons. The van der Waals surface area contributed by atoms with Gasteiger partial charge in [0.1, 0.15) is 0 Å². The second-order valence-electron chi connectivity index (χ2n) is 4.00. The number of alkyl halides is 5. The third-order valence-electron chi connectivity index (χ3n) is 2.58. The SMILES string of the molecule is Cc1ccccc1CCNC(=O)C(F)(F)C(F)(F)F. The van der Waals surface area contributed by atoms with Crippen LogP contribution >= 0.6 is 0 Å². The van der Waals surface area contributed by atoms with E-state index in [9.17, 15) is 26.7 Å². The topological polar surface area (TPSA) is 29.1 Å². The number of rotatable bonds is 4. The molecule has 0 unspecified atom stereocenters. The molecule has 1 rings (SSSR count). The highest BCUT2D eigenvalue weighted by atomic mass is 19.4. The molecule has 0 saturated carbocycles. The van der Waals surface area contributed by atoms with Crippen molar-refractivity contribution in [3.8, 4) is 0 Å². The van der Waals surface area contributed by atoms with E-state index in [0.717, 1.165) is 11.1 Å². The standard InChI is InChI=1S/C12H12F5NO/c1-8-4-2-3-5-9(8)6-7-18-10(19)11(13,14)12(15,16)17/h2-5H,6-7H2,1H3,(H,18,19). The van der Waals surface area contributed by atoms with E-state index in [1.807, 2.05) is 0 Å². The summed E-state index contributed by atoms with van der Waals surface area (Å²) in [4.78, 5) is 10.8. The first-order valence-electron chi connectivity index (χ1n) is 5.43. The van der Waals surface area contributed by atoms with E-state index in [4.69, 9.17) is 0 Å². The van der Waals surface area contributed by atoms with Crippen LogP contribution in [0.5, 0.6) is 0 Å². The van der Waals surface area contributed by atoms with Gasteiger partial charge in [-0.2, -0.15) is 22.0 Å². The number of amides is 1. The summed E-state index contributed by atoms with van der Waals surface area (Å²) in [5.74, 6) is -7.69. The van der Waals surface area contributed by atoms with Gasteiger partial charge in [-0.15, -0.1) is 0 Å². The van der Waals surface area contributed by atoms with Gasteiger partial charge in [-0.05, 0) is 24.5 Å². The molecule has 19 heavy (non-hydrogen) atoms. The summed E-state index contributed by atoms with van der Waals surface area (Å²) in [5.41, 5.74) is 1.65. The normalized spacial score (nSPS) is 12.3. The van der Waals surface area contributed by atoms with Crippen molar-refractivity contribution in [2.45, 2.75) is 25.4 Å². The second-order valence-corrected chi connectivity index (χ2v) is 4.00. The number of hydrogen-bond donors (Lipinski definition) is 1. The smallest absolute Gasteiger partial charge is 0.350 e. The Hall–Kier alpha value is -1.66. The van der Waals surface area contributed by atoms with Crippen LogP contribution in [0.4, 0.5) is 22.0 Å². The summed E-state index contributed by atoms with van der Waals surface area (Å²) in [6, 6.07) is 6.98. The fourth-order valence-electron chi connectivity index (χ4n) is 1.44. The Morgan fingerprint density at radius 2 is 1.74 bits per heavy atom. The maximum absolute atomic E-state index is 12.6. The molecular weight excluding hydrogens is 269 g/mol. The molecule has 0 bridgehead atoms. The second kappa shape index (κ2) is 5.54. The van der Waals surface area contributed by atoms with Gasteiger partial charge in [0.25, 0.3) is 5.91 Å². The van der Waals surface area contributed by atoms with Crippen molar-refractivity contribution in [1.29, 1.82) is 0 Å². The maximum Gasteiger partial charge on any atom is 0.463 e. The summed E-state index contributed by atoms with van der Waals surface area (Å²) in [5, 5.41) is 1.60. The van der Waals surface area contributed by atoms with Gasteiger partial charge in [0.2, 0.25) is 0 Å². The van der Waals surface area contributed by atoms with Crippen molar-refractivity contribution in [2.75, 3.05) is 6.54 Å². The molecule has 0 atom stereocenters. The number of halogens is 5. The molecule has 1 N–H and O–H groups in total. The van der Waals surface area contributed by atoms with Crippen molar-refractivity contribution < 1.29 is 26.7 Å². The Morgan fingerprint density at radius 3 is 2.26 bits per heavy atom. The van der Waals surface area contributed by atoms with Crippen LogP contribution in [0.25, 0.3) is 0 Å². The number of carbonyl (C=O) groups excluding carboxylic acids is 1. The monoisotopic (exact) mass is 281 g/mol. The van der Waals surface area contributed by atoms with Gasteiger partial charge in [-0.25, -0.2) is 0 Å². The van der Waals surface area contributed by atoms with E-state index in [-0.39, 0.29) is 13.0 Å². The first-order valence-corrected chi connectivity index (χ1v) is 5.43. The molecule has 0 aliphatic heterocycles. The lowest BCUT2D eigenvalue weighted by molar-refractivity contribution is -0.269. The number of nitrogens with one attached hydrogen (secondary N) is 1. The Kier molecular flexibility index (Phi) is 4.49. The maximum atomic E-state index is 12.6. The molecule has 0 aliphatic carbocycles. The predicted octanol–water partition coefficient (Wildman–Crippen LogP) is 2.85. The first-order chi connectivity index (χ1) is 8.66. The molecular formula is C12H12F5NO. The summed E-state index contributed by atoms with van der Waals surface area (Å²) >= 11 is 0. The van der Waals surface area contributed by atoms with Crippen molar-refractivity contribution >= 4 is 5.91 Å². The lowest BCUT2D eigenvalue weighted by Crippen LogP contribution is -2.50. The minimum atomic E-state index is -5.88. The zero-order valence-corrected chi connectivity index (χ0v) is 10.0. The van der Waals surface area contributed by atoms with E-state index >= 15 is 0 Å². The molecule has 7 heteroatoms. The fraction of sp³-hybridized carbons (Fsp3) is 0.417. The van der Waals surface area contributed by atoms with Crippen LogP contribution in [0.3, 0.4) is 0 Å². The Morgan fingerprint density at radius 1 is 1.16 bits per heavy atom. The van der Waals surface area contributed by atoms with Crippen LogP contribution in [0.2, 0.25) is 0 Å². The lowest BCUT2D eigenvalue weighted by Gasteiger charge is -2.18. The molecule has 0 radical (unpaired) electrons. The molecule has 0 fully saturated rings. The van der Waals surface area contributed by atoms with E-state index in [1.165, 1.54) is 0 Å². The van der Waals surface area contributed by atoms with Gasteiger partial charge in [-0.3, -0.25) is 4.79 Å². The van der Waals surface area contributed by atoms with Gasteiger partial charge >= 0.3 is 12.1 Å². The van der Waals surface area contributed by atoms with E-state index < -0.39 is 18.0 Å². The highest BCUT2D eigenvalue weighted by Crippen LogP contribution is 2.35. The molecule has 1 aromatic rings. The van der Waals surface area contributed by atoms with Crippen LogP contribution < -0.4 is 5.32 Å². The van der Waals surface area contributed by atoms with E-state index in [1.54, 1.807) is 36.5 Å². The molecule has 1 amide bonds. The van der Waals surface area contributed by atoms with E-state index in [0.29, 0.717) is 0 Å². The quantitative estimate of drug-likeness (QED) is 0.845. The number of carbonyl (C=O) groups is 1. The molecule has 0 aromatic heterocycles. The molecule has 0 heterocycles. The highest BCUT2D eigenvalue weighted by molar-refractivity contribution is 5.84. The van der Waals surface area contributed by atoms with Gasteiger partial charge < -0.3 is 5.32 Å². The van der Waals surface area contributed by atoms with Crippen molar-refractivity contribution in [3.63, 3.8) is 0 Å².